The molecule has 114 valence electrons. The number of carbonyl (C=O) groups excluding carboxylic acids is 1. The van der Waals surface area contributed by atoms with E-state index in [9.17, 15) is 4.79 Å². The molecule has 2 N–H and O–H groups in total. The van der Waals surface area contributed by atoms with Gasteiger partial charge in [0.15, 0.2) is 11.5 Å². The summed E-state index contributed by atoms with van der Waals surface area (Å²) in [5.74, 6) is 1.48. The molecule has 2 amide bonds. The van der Waals surface area contributed by atoms with Crippen molar-refractivity contribution in [1.29, 1.82) is 0 Å². The highest BCUT2D eigenvalue weighted by molar-refractivity contribution is 5.89. The molecule has 1 aliphatic heterocycles. The van der Waals surface area contributed by atoms with Crippen LogP contribution in [0.5, 0.6) is 11.5 Å². The maximum atomic E-state index is 11.9. The standard InChI is InChI=1S/C17H18N2O3/c1-12-2-5-14(6-3-12)19-17(20)18-11-13-4-7-15-16(10-13)22-9-8-21-15/h2-7,10H,8-9,11H2,1H3,(H2,18,19,20). The summed E-state index contributed by atoms with van der Waals surface area (Å²) in [5, 5.41) is 5.62. The predicted molar refractivity (Wildman–Crippen MR) is 84.5 cm³/mol. The lowest BCUT2D eigenvalue weighted by molar-refractivity contribution is 0.171. The highest BCUT2D eigenvalue weighted by Gasteiger charge is 2.11. The first-order valence-corrected chi connectivity index (χ1v) is 7.21. The molecule has 0 aliphatic carbocycles. The number of ether oxygens (including phenoxy) is 2. The number of hydrogen-bond acceptors (Lipinski definition) is 3. The van der Waals surface area contributed by atoms with Crippen molar-refractivity contribution < 1.29 is 14.3 Å². The molecular formula is C17H18N2O3. The lowest BCUT2D eigenvalue weighted by Gasteiger charge is -2.19. The summed E-state index contributed by atoms with van der Waals surface area (Å²) in [6.45, 7) is 3.56. The third-order valence-electron chi connectivity index (χ3n) is 3.37. The monoisotopic (exact) mass is 298 g/mol. The molecule has 22 heavy (non-hydrogen) atoms. The zero-order valence-electron chi connectivity index (χ0n) is 12.4. The summed E-state index contributed by atoms with van der Waals surface area (Å²) in [6.07, 6.45) is 0. The number of urea groups is 1. The van der Waals surface area contributed by atoms with Crippen LogP contribution < -0.4 is 20.1 Å². The molecule has 0 unspecified atom stereocenters. The Balaban J connectivity index is 1.55. The fraction of sp³-hybridized carbons (Fsp3) is 0.235. The van der Waals surface area contributed by atoms with Crippen molar-refractivity contribution in [1.82, 2.24) is 5.32 Å². The fourth-order valence-corrected chi connectivity index (χ4v) is 2.19. The maximum absolute atomic E-state index is 11.9. The van der Waals surface area contributed by atoms with E-state index in [-0.39, 0.29) is 6.03 Å². The molecule has 2 aromatic carbocycles. The second-order valence-electron chi connectivity index (χ2n) is 5.15. The number of carbonyl (C=O) groups is 1. The Morgan fingerprint density at radius 3 is 2.55 bits per heavy atom. The van der Waals surface area contributed by atoms with Crippen LogP contribution in [0.3, 0.4) is 0 Å². The average Bonchev–Trinajstić information content (AvgIpc) is 2.55. The molecule has 2 aromatic rings. The van der Waals surface area contributed by atoms with E-state index >= 15 is 0 Å². The number of hydrogen-bond donors (Lipinski definition) is 2. The number of amides is 2. The average molecular weight is 298 g/mol. The van der Waals surface area contributed by atoms with Crippen LogP contribution in [-0.2, 0) is 6.54 Å². The van der Waals surface area contributed by atoms with E-state index < -0.39 is 0 Å². The van der Waals surface area contributed by atoms with Crippen LogP contribution in [0.1, 0.15) is 11.1 Å². The van der Waals surface area contributed by atoms with Gasteiger partial charge in [0.1, 0.15) is 13.2 Å². The van der Waals surface area contributed by atoms with Gasteiger partial charge >= 0.3 is 6.03 Å². The number of rotatable bonds is 3. The molecule has 5 nitrogen and oxygen atoms in total. The number of nitrogens with one attached hydrogen (secondary N) is 2. The molecule has 0 bridgehead atoms. The molecule has 0 saturated carbocycles. The van der Waals surface area contributed by atoms with Crippen LogP contribution in [0.25, 0.3) is 0 Å². The maximum Gasteiger partial charge on any atom is 0.319 e. The van der Waals surface area contributed by atoms with Gasteiger partial charge in [-0.3, -0.25) is 0 Å². The van der Waals surface area contributed by atoms with Gasteiger partial charge in [-0.2, -0.15) is 0 Å². The van der Waals surface area contributed by atoms with Gasteiger partial charge in [-0.15, -0.1) is 0 Å². The van der Waals surface area contributed by atoms with Crippen LogP contribution in [0, 0.1) is 6.92 Å². The van der Waals surface area contributed by atoms with E-state index in [4.69, 9.17) is 9.47 Å². The molecule has 1 aliphatic rings. The molecule has 1 heterocycles. The van der Waals surface area contributed by atoms with Crippen LogP contribution in [0.15, 0.2) is 42.5 Å². The van der Waals surface area contributed by atoms with Crippen molar-refractivity contribution in [2.75, 3.05) is 18.5 Å². The minimum absolute atomic E-state index is 0.237. The number of aryl methyl sites for hydroxylation is 1. The second kappa shape index (κ2) is 6.39. The molecule has 5 heteroatoms. The van der Waals surface area contributed by atoms with Crippen molar-refractivity contribution in [2.45, 2.75) is 13.5 Å². The molecular weight excluding hydrogens is 280 g/mol. The SMILES string of the molecule is Cc1ccc(NC(=O)NCc2ccc3c(c2)OCCO3)cc1. The van der Waals surface area contributed by atoms with E-state index in [1.54, 1.807) is 0 Å². The zero-order chi connectivity index (χ0) is 15.4. The summed E-state index contributed by atoms with van der Waals surface area (Å²) in [4.78, 5) is 11.9. The summed E-state index contributed by atoms with van der Waals surface area (Å²) >= 11 is 0. The van der Waals surface area contributed by atoms with Gasteiger partial charge in [0.05, 0.1) is 0 Å². The number of benzene rings is 2. The molecule has 0 spiro atoms. The third kappa shape index (κ3) is 3.49. The van der Waals surface area contributed by atoms with Gasteiger partial charge in [0.2, 0.25) is 0 Å². The highest BCUT2D eigenvalue weighted by Crippen LogP contribution is 2.30. The summed E-state index contributed by atoms with van der Waals surface area (Å²) in [7, 11) is 0. The Hall–Kier alpha value is -2.69. The molecule has 0 saturated heterocycles. The van der Waals surface area contributed by atoms with Crippen LogP contribution >= 0.6 is 0 Å². The molecule has 0 atom stereocenters. The van der Waals surface area contributed by atoms with Gasteiger partial charge < -0.3 is 20.1 Å². The van der Waals surface area contributed by atoms with Crippen molar-refractivity contribution in [3.63, 3.8) is 0 Å². The van der Waals surface area contributed by atoms with E-state index in [1.165, 1.54) is 0 Å². The van der Waals surface area contributed by atoms with Crippen LogP contribution in [0.2, 0.25) is 0 Å². The Bertz CT molecular complexity index is 668. The largest absolute Gasteiger partial charge is 0.486 e. The first kappa shape index (κ1) is 14.3. The fourth-order valence-electron chi connectivity index (χ4n) is 2.19. The third-order valence-corrected chi connectivity index (χ3v) is 3.37. The summed E-state index contributed by atoms with van der Waals surface area (Å²) < 4.78 is 11.0. The predicted octanol–water partition coefficient (Wildman–Crippen LogP) is 3.09. The van der Waals surface area contributed by atoms with Crippen LogP contribution in [0.4, 0.5) is 10.5 Å². The van der Waals surface area contributed by atoms with E-state index in [2.05, 4.69) is 10.6 Å². The van der Waals surface area contributed by atoms with Gasteiger partial charge in [0, 0.05) is 12.2 Å². The lowest BCUT2D eigenvalue weighted by Crippen LogP contribution is -2.28. The van der Waals surface area contributed by atoms with Gasteiger partial charge in [-0.25, -0.2) is 4.79 Å². The Morgan fingerprint density at radius 2 is 1.77 bits per heavy atom. The topological polar surface area (TPSA) is 59.6 Å². The van der Waals surface area contributed by atoms with Crippen molar-refractivity contribution in [2.24, 2.45) is 0 Å². The Morgan fingerprint density at radius 1 is 1.05 bits per heavy atom. The minimum atomic E-state index is -0.237. The lowest BCUT2D eigenvalue weighted by atomic mass is 10.2. The minimum Gasteiger partial charge on any atom is -0.486 e. The Labute approximate surface area is 129 Å². The summed E-state index contributed by atoms with van der Waals surface area (Å²) in [5.41, 5.74) is 2.89. The second-order valence-corrected chi connectivity index (χ2v) is 5.15. The van der Waals surface area contributed by atoms with Gasteiger partial charge in [0.25, 0.3) is 0 Å². The van der Waals surface area contributed by atoms with Crippen LogP contribution in [-0.4, -0.2) is 19.2 Å². The first-order valence-electron chi connectivity index (χ1n) is 7.21. The molecule has 0 radical (unpaired) electrons. The van der Waals surface area contributed by atoms with E-state index in [0.29, 0.717) is 19.8 Å². The molecule has 0 fully saturated rings. The Kier molecular flexibility index (Phi) is 4.14. The zero-order valence-corrected chi connectivity index (χ0v) is 12.4. The van der Waals surface area contributed by atoms with Crippen molar-refractivity contribution in [3.05, 3.63) is 53.6 Å². The first-order chi connectivity index (χ1) is 10.7. The quantitative estimate of drug-likeness (QED) is 0.915. The van der Waals surface area contributed by atoms with Crippen molar-refractivity contribution in [3.8, 4) is 11.5 Å². The number of anilines is 1. The summed E-state index contributed by atoms with van der Waals surface area (Å²) in [6, 6.07) is 13.1. The molecule has 3 rings (SSSR count). The normalized spacial score (nSPS) is 12.6. The highest BCUT2D eigenvalue weighted by atomic mass is 16.6. The van der Waals surface area contributed by atoms with E-state index in [1.807, 2.05) is 49.4 Å². The van der Waals surface area contributed by atoms with Crippen molar-refractivity contribution >= 4 is 11.7 Å². The van der Waals surface area contributed by atoms with Gasteiger partial charge in [-0.1, -0.05) is 23.8 Å². The smallest absolute Gasteiger partial charge is 0.319 e. The number of fused-ring (bicyclic) bond motifs is 1. The van der Waals surface area contributed by atoms with E-state index in [0.717, 1.165) is 28.3 Å². The molecule has 0 aromatic heterocycles. The van der Waals surface area contributed by atoms with Gasteiger partial charge in [-0.05, 0) is 36.8 Å².